The second-order valence-electron chi connectivity index (χ2n) is 7.66. The normalized spacial score (nSPS) is 19.1. The van der Waals surface area contributed by atoms with Crippen molar-refractivity contribution in [1.29, 1.82) is 0 Å². The molecule has 0 bridgehead atoms. The molecule has 1 atom stereocenters. The van der Waals surface area contributed by atoms with Gasteiger partial charge in [-0.25, -0.2) is 9.78 Å². The van der Waals surface area contributed by atoms with Crippen LogP contribution in [-0.2, 0) is 22.4 Å². The van der Waals surface area contributed by atoms with Gasteiger partial charge in [-0.05, 0) is 45.2 Å². The molecule has 2 aromatic heterocycles. The van der Waals surface area contributed by atoms with Gasteiger partial charge in [0.2, 0.25) is 0 Å². The topological polar surface area (TPSA) is 69.5 Å². The van der Waals surface area contributed by atoms with E-state index in [1.54, 1.807) is 0 Å². The molecule has 0 amide bonds. The van der Waals surface area contributed by atoms with Crippen LogP contribution < -0.4 is 4.90 Å². The molecule has 0 radical (unpaired) electrons. The van der Waals surface area contributed by atoms with E-state index in [9.17, 15) is 4.79 Å². The molecule has 0 aromatic carbocycles. The highest BCUT2D eigenvalue weighted by Crippen LogP contribution is 2.31. The van der Waals surface area contributed by atoms with Gasteiger partial charge in [0.05, 0.1) is 12.7 Å². The summed E-state index contributed by atoms with van der Waals surface area (Å²) in [4.78, 5) is 19.3. The van der Waals surface area contributed by atoms with Crippen molar-refractivity contribution in [3.8, 4) is 0 Å². The molecule has 2 aliphatic heterocycles. The van der Waals surface area contributed by atoms with Gasteiger partial charge < -0.3 is 14.4 Å². The Labute approximate surface area is 165 Å². The minimum Gasteiger partial charge on any atom is -0.461 e. The lowest BCUT2D eigenvalue weighted by molar-refractivity contribution is 0.0517. The highest BCUT2D eigenvalue weighted by molar-refractivity contribution is 5.89. The predicted octanol–water partition coefficient (Wildman–Crippen LogP) is 3.45. The molecule has 2 aliphatic rings. The smallest absolute Gasteiger partial charge is 0.359 e. The van der Waals surface area contributed by atoms with Gasteiger partial charge in [-0.1, -0.05) is 6.07 Å². The molecule has 0 saturated carbocycles. The molecule has 7 nitrogen and oxygen atoms in total. The maximum Gasteiger partial charge on any atom is 0.359 e. The van der Waals surface area contributed by atoms with Crippen LogP contribution in [0.15, 0.2) is 18.3 Å². The van der Waals surface area contributed by atoms with Gasteiger partial charge in [-0.3, -0.25) is 4.68 Å². The van der Waals surface area contributed by atoms with Crippen molar-refractivity contribution in [3.05, 3.63) is 40.8 Å². The predicted molar refractivity (Wildman–Crippen MR) is 105 cm³/mol. The summed E-state index contributed by atoms with van der Waals surface area (Å²) >= 11 is 0. The first-order chi connectivity index (χ1) is 13.6. The van der Waals surface area contributed by atoms with Crippen LogP contribution in [0.2, 0.25) is 0 Å². The third-order valence-electron chi connectivity index (χ3n) is 5.44. The second-order valence-corrected chi connectivity index (χ2v) is 7.66. The molecule has 0 aliphatic carbocycles. The van der Waals surface area contributed by atoms with Crippen LogP contribution >= 0.6 is 0 Å². The van der Waals surface area contributed by atoms with Gasteiger partial charge in [0.25, 0.3) is 0 Å². The minimum atomic E-state index is -0.346. The fourth-order valence-electron chi connectivity index (χ4n) is 4.05. The average molecular weight is 384 g/mol. The molecule has 1 saturated heterocycles. The first-order valence-corrected chi connectivity index (χ1v) is 10.2. The van der Waals surface area contributed by atoms with Crippen molar-refractivity contribution in [2.75, 3.05) is 24.7 Å². The van der Waals surface area contributed by atoms with E-state index < -0.39 is 0 Å². The zero-order valence-corrected chi connectivity index (χ0v) is 16.9. The number of nitrogens with zero attached hydrogens (tertiary/aromatic N) is 4. The van der Waals surface area contributed by atoms with Crippen molar-refractivity contribution in [2.45, 2.75) is 58.7 Å². The number of rotatable bonds is 5. The standard InChI is InChI=1S/C21H28N4O3/c1-4-27-21(26)20-16-13-24(10-9-17(16)25(23-20)14(2)3)19-8-7-15(12-22-19)18-6-5-11-28-18/h7-8,12,14,18H,4-6,9-11,13H2,1-3H3/t18-/m1/s1. The van der Waals surface area contributed by atoms with Crippen LogP contribution in [0.4, 0.5) is 5.82 Å². The maximum absolute atomic E-state index is 12.4. The molecule has 4 rings (SSSR count). The van der Waals surface area contributed by atoms with E-state index >= 15 is 0 Å². The number of hydrogen-bond donors (Lipinski definition) is 0. The Bertz CT molecular complexity index is 838. The largest absolute Gasteiger partial charge is 0.461 e. The molecule has 150 valence electrons. The summed E-state index contributed by atoms with van der Waals surface area (Å²) in [6, 6.07) is 4.36. The fourth-order valence-corrected chi connectivity index (χ4v) is 4.05. The van der Waals surface area contributed by atoms with Gasteiger partial charge >= 0.3 is 5.97 Å². The van der Waals surface area contributed by atoms with Crippen LogP contribution in [0.1, 0.15) is 73.1 Å². The molecule has 0 unspecified atom stereocenters. The van der Waals surface area contributed by atoms with Gasteiger partial charge in [-0.15, -0.1) is 0 Å². The van der Waals surface area contributed by atoms with E-state index in [1.165, 1.54) is 0 Å². The summed E-state index contributed by atoms with van der Waals surface area (Å²) in [5.41, 5.74) is 3.67. The molecule has 4 heterocycles. The van der Waals surface area contributed by atoms with Crippen LogP contribution in [-0.4, -0.2) is 40.5 Å². The summed E-state index contributed by atoms with van der Waals surface area (Å²) in [5, 5.41) is 4.58. The van der Waals surface area contributed by atoms with Crippen molar-refractivity contribution < 1.29 is 14.3 Å². The summed E-state index contributed by atoms with van der Waals surface area (Å²) in [5.74, 6) is 0.571. The van der Waals surface area contributed by atoms with E-state index in [0.717, 1.165) is 55.1 Å². The van der Waals surface area contributed by atoms with Crippen molar-refractivity contribution in [1.82, 2.24) is 14.8 Å². The summed E-state index contributed by atoms with van der Waals surface area (Å²) in [6.45, 7) is 8.62. The van der Waals surface area contributed by atoms with Crippen molar-refractivity contribution >= 4 is 11.8 Å². The SMILES string of the molecule is CCOC(=O)c1nn(C(C)C)c2c1CN(c1ccc([C@H]3CCCO3)cn1)CC2. The number of ether oxygens (including phenoxy) is 2. The van der Waals surface area contributed by atoms with Crippen LogP contribution in [0.3, 0.4) is 0 Å². The Kier molecular flexibility index (Phi) is 5.35. The van der Waals surface area contributed by atoms with E-state index in [4.69, 9.17) is 9.47 Å². The molecule has 1 fully saturated rings. The third kappa shape index (κ3) is 3.51. The van der Waals surface area contributed by atoms with Gasteiger partial charge in [0.1, 0.15) is 5.82 Å². The molecule has 2 aromatic rings. The number of pyridine rings is 1. The van der Waals surface area contributed by atoms with E-state index in [2.05, 4.69) is 41.0 Å². The lowest BCUT2D eigenvalue weighted by Crippen LogP contribution is -2.32. The maximum atomic E-state index is 12.4. The zero-order chi connectivity index (χ0) is 19.7. The molecular weight excluding hydrogens is 356 g/mol. The van der Waals surface area contributed by atoms with Crippen LogP contribution in [0.5, 0.6) is 0 Å². The van der Waals surface area contributed by atoms with Crippen LogP contribution in [0, 0.1) is 0 Å². The highest BCUT2D eigenvalue weighted by atomic mass is 16.5. The quantitative estimate of drug-likeness (QED) is 0.736. The van der Waals surface area contributed by atoms with E-state index in [-0.39, 0.29) is 18.1 Å². The number of esters is 1. The monoisotopic (exact) mass is 384 g/mol. The Hall–Kier alpha value is -2.41. The lowest BCUT2D eigenvalue weighted by atomic mass is 10.0. The first kappa shape index (κ1) is 18.9. The highest BCUT2D eigenvalue weighted by Gasteiger charge is 2.30. The fraction of sp³-hybridized carbons (Fsp3) is 0.571. The molecule has 0 spiro atoms. The number of aromatic nitrogens is 3. The Balaban J connectivity index is 1.59. The van der Waals surface area contributed by atoms with Gasteiger partial charge in [0, 0.05) is 49.6 Å². The third-order valence-corrected chi connectivity index (χ3v) is 5.44. The Morgan fingerprint density at radius 1 is 1.39 bits per heavy atom. The van der Waals surface area contributed by atoms with Crippen LogP contribution in [0.25, 0.3) is 0 Å². The summed E-state index contributed by atoms with van der Waals surface area (Å²) in [7, 11) is 0. The number of fused-ring (bicyclic) bond motifs is 1. The van der Waals surface area contributed by atoms with Gasteiger partial charge in [-0.2, -0.15) is 5.10 Å². The first-order valence-electron chi connectivity index (χ1n) is 10.2. The van der Waals surface area contributed by atoms with Crippen molar-refractivity contribution in [2.24, 2.45) is 0 Å². The summed E-state index contributed by atoms with van der Waals surface area (Å²) in [6.07, 6.45) is 5.09. The zero-order valence-electron chi connectivity index (χ0n) is 16.9. The second kappa shape index (κ2) is 7.91. The number of carbonyl (C=O) groups excluding carboxylic acids is 1. The Morgan fingerprint density at radius 3 is 2.89 bits per heavy atom. The number of hydrogen-bond acceptors (Lipinski definition) is 6. The molecule has 7 heteroatoms. The molecule has 28 heavy (non-hydrogen) atoms. The number of carbonyl (C=O) groups is 1. The average Bonchev–Trinajstić information content (AvgIpc) is 3.36. The minimum absolute atomic E-state index is 0.175. The lowest BCUT2D eigenvalue weighted by Gasteiger charge is -2.29. The number of anilines is 1. The molecular formula is C21H28N4O3. The van der Waals surface area contributed by atoms with Crippen molar-refractivity contribution in [3.63, 3.8) is 0 Å². The van der Waals surface area contributed by atoms with E-state index in [1.807, 2.05) is 17.8 Å². The summed E-state index contributed by atoms with van der Waals surface area (Å²) < 4.78 is 12.9. The molecule has 0 N–H and O–H groups in total. The van der Waals surface area contributed by atoms with Gasteiger partial charge in [0.15, 0.2) is 5.69 Å². The van der Waals surface area contributed by atoms with E-state index in [0.29, 0.717) is 18.8 Å². The Morgan fingerprint density at radius 2 is 2.25 bits per heavy atom.